The molecule has 0 aliphatic carbocycles. The highest BCUT2D eigenvalue weighted by Gasteiger charge is 2.26. The number of esters is 1. The predicted octanol–water partition coefficient (Wildman–Crippen LogP) is 1.09. The Labute approximate surface area is 131 Å². The van der Waals surface area contributed by atoms with Crippen molar-refractivity contribution in [3.05, 3.63) is 21.8 Å². The van der Waals surface area contributed by atoms with Gasteiger partial charge in [0.1, 0.15) is 16.7 Å². The maximum Gasteiger partial charge on any atom is 0.328 e. The van der Waals surface area contributed by atoms with Crippen LogP contribution in [0.2, 0.25) is 0 Å². The molecule has 0 fully saturated rings. The fourth-order valence-corrected chi connectivity index (χ4v) is 2.69. The lowest BCUT2D eigenvalue weighted by molar-refractivity contribution is -0.141. The minimum Gasteiger partial charge on any atom is -0.467 e. The minimum atomic E-state index is -0.605. The van der Waals surface area contributed by atoms with Crippen molar-refractivity contribution in [1.82, 2.24) is 19.4 Å². The van der Waals surface area contributed by atoms with Gasteiger partial charge in [-0.3, -0.25) is 9.48 Å². The molecular weight excluding hydrogens is 306 g/mol. The quantitative estimate of drug-likeness (QED) is 0.649. The van der Waals surface area contributed by atoms with E-state index in [1.54, 1.807) is 27.8 Å². The highest BCUT2D eigenvalue weighted by atomic mass is 32.1. The largest absolute Gasteiger partial charge is 0.467 e. The summed E-state index contributed by atoms with van der Waals surface area (Å²) in [6.07, 6.45) is 0. The van der Waals surface area contributed by atoms with Crippen molar-refractivity contribution in [3.8, 4) is 0 Å². The van der Waals surface area contributed by atoms with Gasteiger partial charge in [-0.05, 0) is 32.3 Å². The number of nitrogens with one attached hydrogen (secondary N) is 1. The van der Waals surface area contributed by atoms with Crippen LogP contribution in [0.3, 0.4) is 0 Å². The molecule has 9 heteroatoms. The second-order valence-corrected chi connectivity index (χ2v) is 5.59. The van der Waals surface area contributed by atoms with Crippen LogP contribution in [0.1, 0.15) is 33.5 Å². The lowest BCUT2D eigenvalue weighted by Crippen LogP contribution is -2.29. The number of aromatic nitrogens is 4. The molecule has 0 amide bonds. The van der Waals surface area contributed by atoms with Crippen LogP contribution in [0.25, 0.3) is 0 Å². The Morgan fingerprint density at radius 3 is 2.55 bits per heavy atom. The molecule has 2 rings (SSSR count). The lowest BCUT2D eigenvalue weighted by atomic mass is 10.1. The fourth-order valence-electron chi connectivity index (χ4n) is 2.09. The van der Waals surface area contributed by atoms with Gasteiger partial charge in [0.2, 0.25) is 5.78 Å². The summed E-state index contributed by atoms with van der Waals surface area (Å²) in [7, 11) is 3.02. The van der Waals surface area contributed by atoms with Crippen LogP contribution in [0.4, 0.5) is 5.82 Å². The zero-order valence-electron chi connectivity index (χ0n) is 13.0. The van der Waals surface area contributed by atoms with E-state index in [1.807, 2.05) is 0 Å². The van der Waals surface area contributed by atoms with Crippen molar-refractivity contribution in [1.29, 1.82) is 0 Å². The maximum absolute atomic E-state index is 12.7. The SMILES string of the molecule is COC(=O)[C@H](C)Nc1c(C(=O)c2snnc2C)c(C)nn1C. The van der Waals surface area contributed by atoms with Crippen LogP contribution in [0, 0.1) is 13.8 Å². The van der Waals surface area contributed by atoms with Gasteiger partial charge in [0, 0.05) is 7.05 Å². The summed E-state index contributed by atoms with van der Waals surface area (Å²) in [4.78, 5) is 24.8. The molecular formula is C13H17N5O3S. The number of aryl methyl sites for hydroxylation is 3. The number of carbonyl (C=O) groups excluding carboxylic acids is 2. The zero-order chi connectivity index (χ0) is 16.4. The molecule has 0 aromatic carbocycles. The Morgan fingerprint density at radius 1 is 1.32 bits per heavy atom. The average molecular weight is 323 g/mol. The molecule has 0 saturated heterocycles. The Kier molecular flexibility index (Phi) is 4.55. The predicted molar refractivity (Wildman–Crippen MR) is 81.1 cm³/mol. The molecule has 2 heterocycles. The van der Waals surface area contributed by atoms with Crippen LogP contribution in [0.15, 0.2) is 0 Å². The molecule has 0 unspecified atom stereocenters. The number of rotatable bonds is 5. The Balaban J connectivity index is 2.42. The number of hydrogen-bond acceptors (Lipinski definition) is 8. The third kappa shape index (κ3) is 2.84. The van der Waals surface area contributed by atoms with E-state index < -0.39 is 12.0 Å². The third-order valence-electron chi connectivity index (χ3n) is 3.22. The van der Waals surface area contributed by atoms with E-state index in [1.165, 1.54) is 11.8 Å². The van der Waals surface area contributed by atoms with Crippen molar-refractivity contribution in [2.45, 2.75) is 26.8 Å². The smallest absolute Gasteiger partial charge is 0.328 e. The standard InChI is InChI=1S/C13H17N5O3S/c1-6-9(10(19)11-7(2)15-17-22-11)12(18(4)16-6)14-8(3)13(20)21-5/h8,14H,1-5H3/t8-/m0/s1. The molecule has 0 saturated carbocycles. The van der Waals surface area contributed by atoms with Crippen LogP contribution < -0.4 is 5.32 Å². The molecule has 22 heavy (non-hydrogen) atoms. The van der Waals surface area contributed by atoms with E-state index >= 15 is 0 Å². The van der Waals surface area contributed by atoms with Crippen LogP contribution in [-0.4, -0.2) is 44.3 Å². The van der Waals surface area contributed by atoms with Gasteiger partial charge in [-0.25, -0.2) is 4.79 Å². The van der Waals surface area contributed by atoms with Crippen molar-refractivity contribution in [2.75, 3.05) is 12.4 Å². The van der Waals surface area contributed by atoms with E-state index in [-0.39, 0.29) is 5.78 Å². The highest BCUT2D eigenvalue weighted by Crippen LogP contribution is 2.25. The van der Waals surface area contributed by atoms with Crippen molar-refractivity contribution >= 4 is 29.1 Å². The van der Waals surface area contributed by atoms with Crippen molar-refractivity contribution in [3.63, 3.8) is 0 Å². The molecule has 1 N–H and O–H groups in total. The van der Waals surface area contributed by atoms with E-state index in [2.05, 4.69) is 24.7 Å². The van der Waals surface area contributed by atoms with Gasteiger partial charge in [-0.2, -0.15) is 5.10 Å². The normalized spacial score (nSPS) is 12.0. The minimum absolute atomic E-state index is 0.210. The second kappa shape index (κ2) is 6.22. The summed E-state index contributed by atoms with van der Waals surface area (Å²) in [5.41, 5.74) is 1.55. The molecule has 0 bridgehead atoms. The van der Waals surface area contributed by atoms with Gasteiger partial charge >= 0.3 is 5.97 Å². The van der Waals surface area contributed by atoms with Crippen LogP contribution in [0.5, 0.6) is 0 Å². The average Bonchev–Trinajstić information content (AvgIpc) is 3.01. The first-order valence-corrected chi connectivity index (χ1v) is 7.35. The number of anilines is 1. The molecule has 8 nitrogen and oxygen atoms in total. The van der Waals surface area contributed by atoms with Gasteiger partial charge in [0.05, 0.1) is 24.1 Å². The highest BCUT2D eigenvalue weighted by molar-refractivity contribution is 7.08. The fraction of sp³-hybridized carbons (Fsp3) is 0.462. The summed E-state index contributed by atoms with van der Waals surface area (Å²) >= 11 is 1.04. The number of nitrogens with zero attached hydrogens (tertiary/aromatic N) is 4. The van der Waals surface area contributed by atoms with Crippen molar-refractivity contribution < 1.29 is 14.3 Å². The van der Waals surface area contributed by atoms with Gasteiger partial charge < -0.3 is 10.1 Å². The number of carbonyl (C=O) groups is 2. The van der Waals surface area contributed by atoms with Gasteiger partial charge in [-0.1, -0.05) is 4.49 Å². The summed E-state index contributed by atoms with van der Waals surface area (Å²) in [6.45, 7) is 5.12. The summed E-state index contributed by atoms with van der Waals surface area (Å²) in [5.74, 6) is -0.168. The number of ether oxygens (including phenoxy) is 1. The first kappa shape index (κ1) is 16.1. The zero-order valence-corrected chi connectivity index (χ0v) is 13.8. The van der Waals surface area contributed by atoms with E-state index in [9.17, 15) is 9.59 Å². The molecule has 2 aromatic heterocycles. The lowest BCUT2D eigenvalue weighted by Gasteiger charge is -2.14. The van der Waals surface area contributed by atoms with Crippen molar-refractivity contribution in [2.24, 2.45) is 7.05 Å². The molecule has 1 atom stereocenters. The number of hydrogen-bond donors (Lipinski definition) is 1. The second-order valence-electron chi connectivity index (χ2n) is 4.84. The molecule has 0 spiro atoms. The molecule has 0 radical (unpaired) electrons. The first-order chi connectivity index (χ1) is 10.4. The Morgan fingerprint density at radius 2 is 2.00 bits per heavy atom. The molecule has 0 aliphatic rings. The Bertz CT molecular complexity index is 721. The topological polar surface area (TPSA) is 99.0 Å². The maximum atomic E-state index is 12.7. The summed E-state index contributed by atoms with van der Waals surface area (Å²) < 4.78 is 10.0. The monoisotopic (exact) mass is 323 g/mol. The van der Waals surface area contributed by atoms with Gasteiger partial charge in [0.15, 0.2) is 0 Å². The number of ketones is 1. The van der Waals surface area contributed by atoms with E-state index in [0.29, 0.717) is 27.6 Å². The molecule has 0 aliphatic heterocycles. The first-order valence-electron chi connectivity index (χ1n) is 6.58. The van der Waals surface area contributed by atoms with Crippen LogP contribution >= 0.6 is 11.5 Å². The van der Waals surface area contributed by atoms with E-state index in [4.69, 9.17) is 0 Å². The van der Waals surface area contributed by atoms with Crippen LogP contribution in [-0.2, 0) is 16.6 Å². The van der Waals surface area contributed by atoms with Gasteiger partial charge in [0.25, 0.3) is 0 Å². The third-order valence-corrected chi connectivity index (χ3v) is 4.04. The Hall–Kier alpha value is -2.29. The number of methoxy groups -OCH3 is 1. The summed E-state index contributed by atoms with van der Waals surface area (Å²) in [6, 6.07) is -0.605. The molecule has 118 valence electrons. The van der Waals surface area contributed by atoms with E-state index in [0.717, 1.165) is 11.5 Å². The molecule has 2 aromatic rings. The van der Waals surface area contributed by atoms with Gasteiger partial charge in [-0.15, -0.1) is 5.10 Å². The summed E-state index contributed by atoms with van der Waals surface area (Å²) in [5, 5.41) is 11.1.